The number of nitro benzene ring substituents is 1. The summed E-state index contributed by atoms with van der Waals surface area (Å²) in [6, 6.07) is 4.96. The summed E-state index contributed by atoms with van der Waals surface area (Å²) in [5, 5.41) is 12.5. The van der Waals surface area contributed by atoms with Crippen LogP contribution < -0.4 is 5.32 Å². The minimum absolute atomic E-state index is 0.120. The number of non-ortho nitro benzene ring substituents is 1. The summed E-state index contributed by atoms with van der Waals surface area (Å²) >= 11 is 0. The van der Waals surface area contributed by atoms with E-state index in [9.17, 15) is 19.7 Å². The van der Waals surface area contributed by atoms with Crippen LogP contribution in [0, 0.1) is 10.1 Å². The Morgan fingerprint density at radius 1 is 1.19 bits per heavy atom. The van der Waals surface area contributed by atoms with E-state index in [1.807, 2.05) is 0 Å². The third-order valence-corrected chi connectivity index (χ3v) is 2.79. The van der Waals surface area contributed by atoms with Gasteiger partial charge in [0.2, 0.25) is 0 Å². The number of imide groups is 1. The van der Waals surface area contributed by atoms with Gasteiger partial charge in [0, 0.05) is 17.7 Å². The van der Waals surface area contributed by atoms with Crippen molar-refractivity contribution >= 4 is 17.7 Å². The lowest BCUT2D eigenvalue weighted by molar-refractivity contribution is -0.384. The lowest BCUT2D eigenvalue weighted by Crippen LogP contribution is -2.31. The largest absolute Gasteiger partial charge is 0.449 e. The van der Waals surface area contributed by atoms with Crippen molar-refractivity contribution in [3.8, 4) is 0 Å². The highest BCUT2D eigenvalue weighted by Crippen LogP contribution is 2.11. The zero-order chi connectivity index (χ0) is 15.7. The van der Waals surface area contributed by atoms with E-state index in [4.69, 9.17) is 4.74 Å². The first kappa shape index (κ1) is 16.6. The predicted molar refractivity (Wildman–Crippen MR) is 76.1 cm³/mol. The Bertz CT molecular complexity index is 499. The molecule has 0 aliphatic rings. The third kappa shape index (κ3) is 6.03. The first-order chi connectivity index (χ1) is 10.0. The van der Waals surface area contributed by atoms with Gasteiger partial charge in [-0.05, 0) is 18.6 Å². The number of benzene rings is 1. The molecule has 1 rings (SSSR count). The Labute approximate surface area is 122 Å². The lowest BCUT2D eigenvalue weighted by Gasteiger charge is -2.06. The van der Waals surface area contributed by atoms with Gasteiger partial charge in [0.25, 0.3) is 11.6 Å². The maximum atomic E-state index is 11.7. The first-order valence-electron chi connectivity index (χ1n) is 6.77. The summed E-state index contributed by atoms with van der Waals surface area (Å²) < 4.78 is 4.86. The van der Waals surface area contributed by atoms with E-state index < -0.39 is 16.9 Å². The van der Waals surface area contributed by atoms with Gasteiger partial charge in [0.05, 0.1) is 11.5 Å². The van der Waals surface area contributed by atoms with E-state index in [1.54, 1.807) is 0 Å². The van der Waals surface area contributed by atoms with Crippen molar-refractivity contribution in [1.29, 1.82) is 0 Å². The summed E-state index contributed by atoms with van der Waals surface area (Å²) in [5.74, 6) is -0.650. The minimum atomic E-state index is -0.810. The Morgan fingerprint density at radius 2 is 1.86 bits per heavy atom. The normalized spacial score (nSPS) is 9.95. The van der Waals surface area contributed by atoms with E-state index >= 15 is 0 Å². The Balaban J connectivity index is 2.38. The first-order valence-corrected chi connectivity index (χ1v) is 6.77. The molecule has 2 amide bonds. The number of alkyl carbamates (subject to hydrolysis) is 1. The van der Waals surface area contributed by atoms with Crippen LogP contribution in [0.4, 0.5) is 10.5 Å². The van der Waals surface area contributed by atoms with Gasteiger partial charge in [0.15, 0.2) is 0 Å². The van der Waals surface area contributed by atoms with E-state index in [-0.39, 0.29) is 17.9 Å². The summed E-state index contributed by atoms with van der Waals surface area (Å²) in [6.45, 7) is 2.34. The number of hydrogen-bond donors (Lipinski definition) is 1. The second-order valence-corrected chi connectivity index (χ2v) is 4.45. The quantitative estimate of drug-likeness (QED) is 0.473. The van der Waals surface area contributed by atoms with Crippen LogP contribution in [0.3, 0.4) is 0 Å². The monoisotopic (exact) mass is 294 g/mol. The van der Waals surface area contributed by atoms with Crippen LogP contribution in [-0.4, -0.2) is 23.5 Å². The number of hydrogen-bond acceptors (Lipinski definition) is 5. The Hall–Kier alpha value is -2.44. The van der Waals surface area contributed by atoms with Gasteiger partial charge in [-0.3, -0.25) is 20.2 Å². The molecule has 0 spiro atoms. The molecule has 0 radical (unpaired) electrons. The highest BCUT2D eigenvalue weighted by Gasteiger charge is 2.12. The summed E-state index contributed by atoms with van der Waals surface area (Å²) in [7, 11) is 0. The van der Waals surface area contributed by atoms with Crippen molar-refractivity contribution in [2.24, 2.45) is 0 Å². The minimum Gasteiger partial charge on any atom is -0.449 e. The molecule has 7 heteroatoms. The molecule has 0 unspecified atom stereocenters. The van der Waals surface area contributed by atoms with Crippen LogP contribution in [-0.2, 0) is 4.74 Å². The molecule has 0 aliphatic heterocycles. The van der Waals surface area contributed by atoms with E-state index in [2.05, 4.69) is 12.2 Å². The second-order valence-electron chi connectivity index (χ2n) is 4.45. The predicted octanol–water partition coefficient (Wildman–Crippen LogP) is 3.04. The second kappa shape index (κ2) is 8.68. The molecule has 0 saturated heterocycles. The van der Waals surface area contributed by atoms with Crippen molar-refractivity contribution < 1.29 is 19.2 Å². The number of unbranched alkanes of at least 4 members (excludes halogenated alkanes) is 3. The average molecular weight is 294 g/mol. The number of ether oxygens (including phenoxy) is 1. The van der Waals surface area contributed by atoms with Gasteiger partial charge in [-0.15, -0.1) is 0 Å². The number of amides is 2. The topological polar surface area (TPSA) is 98.5 Å². The molecule has 0 saturated carbocycles. The van der Waals surface area contributed by atoms with E-state index in [0.717, 1.165) is 25.7 Å². The van der Waals surface area contributed by atoms with E-state index in [0.29, 0.717) is 0 Å². The molecule has 1 aromatic carbocycles. The van der Waals surface area contributed by atoms with Crippen LogP contribution in [0.1, 0.15) is 43.0 Å². The number of carbonyl (C=O) groups excluding carboxylic acids is 2. The molecule has 0 atom stereocenters. The number of carbonyl (C=O) groups is 2. The highest BCUT2D eigenvalue weighted by atomic mass is 16.6. The molecule has 114 valence electrons. The van der Waals surface area contributed by atoms with Gasteiger partial charge < -0.3 is 4.74 Å². The maximum Gasteiger partial charge on any atom is 0.414 e. The summed E-state index contributed by atoms with van der Waals surface area (Å²) in [4.78, 5) is 33.0. The fourth-order valence-corrected chi connectivity index (χ4v) is 1.63. The fourth-order valence-electron chi connectivity index (χ4n) is 1.63. The number of nitro groups is 1. The molecule has 0 heterocycles. The van der Waals surface area contributed by atoms with Crippen molar-refractivity contribution in [2.45, 2.75) is 32.6 Å². The number of rotatable bonds is 7. The van der Waals surface area contributed by atoms with Crippen molar-refractivity contribution in [2.75, 3.05) is 6.61 Å². The molecule has 7 nitrogen and oxygen atoms in total. The van der Waals surface area contributed by atoms with Gasteiger partial charge in [-0.2, -0.15) is 0 Å². The molecule has 0 bridgehead atoms. The number of nitrogens with one attached hydrogen (secondary N) is 1. The lowest BCUT2D eigenvalue weighted by atomic mass is 10.2. The number of nitrogens with zero attached hydrogens (tertiary/aromatic N) is 1. The smallest absolute Gasteiger partial charge is 0.414 e. The zero-order valence-corrected chi connectivity index (χ0v) is 11.8. The molecular formula is C14H18N2O5. The van der Waals surface area contributed by atoms with Crippen molar-refractivity contribution in [3.63, 3.8) is 0 Å². The third-order valence-electron chi connectivity index (χ3n) is 2.79. The van der Waals surface area contributed by atoms with Crippen LogP contribution in [0.5, 0.6) is 0 Å². The zero-order valence-electron chi connectivity index (χ0n) is 11.8. The van der Waals surface area contributed by atoms with Gasteiger partial charge in [-0.1, -0.05) is 26.2 Å². The van der Waals surface area contributed by atoms with Crippen LogP contribution >= 0.6 is 0 Å². The standard InChI is InChI=1S/C14H18N2O5/c1-2-3-4-5-10-21-14(18)15-13(17)11-6-8-12(9-7-11)16(19)20/h6-9H,2-5,10H2,1H3,(H,15,17,18). The molecular weight excluding hydrogens is 276 g/mol. The maximum absolute atomic E-state index is 11.7. The van der Waals surface area contributed by atoms with Gasteiger partial charge >= 0.3 is 6.09 Å². The fraction of sp³-hybridized carbons (Fsp3) is 0.429. The summed E-state index contributed by atoms with van der Waals surface area (Å²) in [5.41, 5.74) is 0.0357. The van der Waals surface area contributed by atoms with Crippen LogP contribution in [0.15, 0.2) is 24.3 Å². The molecule has 21 heavy (non-hydrogen) atoms. The summed E-state index contributed by atoms with van der Waals surface area (Å²) in [6.07, 6.45) is 3.08. The Kier molecular flexibility index (Phi) is 6.86. The van der Waals surface area contributed by atoms with Crippen LogP contribution in [0.25, 0.3) is 0 Å². The van der Waals surface area contributed by atoms with Crippen LogP contribution in [0.2, 0.25) is 0 Å². The molecule has 0 fully saturated rings. The SMILES string of the molecule is CCCCCCOC(=O)NC(=O)c1ccc([N+](=O)[O-])cc1. The van der Waals surface area contributed by atoms with Gasteiger partial charge in [0.1, 0.15) is 0 Å². The molecule has 1 N–H and O–H groups in total. The Morgan fingerprint density at radius 3 is 2.43 bits per heavy atom. The van der Waals surface area contributed by atoms with Crippen molar-refractivity contribution in [1.82, 2.24) is 5.32 Å². The molecule has 1 aromatic rings. The molecule has 0 aliphatic carbocycles. The van der Waals surface area contributed by atoms with E-state index in [1.165, 1.54) is 24.3 Å². The molecule has 0 aromatic heterocycles. The van der Waals surface area contributed by atoms with Gasteiger partial charge in [-0.25, -0.2) is 4.79 Å². The average Bonchev–Trinajstić information content (AvgIpc) is 2.47. The van der Waals surface area contributed by atoms with Crippen molar-refractivity contribution in [3.05, 3.63) is 39.9 Å². The highest BCUT2D eigenvalue weighted by molar-refractivity contribution is 6.02.